The first-order valence-electron chi connectivity index (χ1n) is 6.79. The van der Waals surface area contributed by atoms with Gasteiger partial charge in [0.25, 0.3) is 0 Å². The Labute approximate surface area is 133 Å². The molecule has 0 aliphatic carbocycles. The van der Waals surface area contributed by atoms with Crippen LogP contribution in [0, 0.1) is 5.82 Å². The van der Waals surface area contributed by atoms with Gasteiger partial charge in [-0.2, -0.15) is 0 Å². The Balaban J connectivity index is 2.40. The predicted octanol–water partition coefficient (Wildman–Crippen LogP) is 2.71. The van der Waals surface area contributed by atoms with Gasteiger partial charge in [0.05, 0.1) is 32.5 Å². The van der Waals surface area contributed by atoms with E-state index in [4.69, 9.17) is 9.47 Å². The fourth-order valence-corrected chi connectivity index (χ4v) is 2.21. The highest BCUT2D eigenvalue weighted by Gasteiger charge is 2.22. The number of ether oxygens (including phenoxy) is 3. The molecule has 6 heteroatoms. The molecule has 0 fully saturated rings. The number of aliphatic hydroxyl groups is 1. The minimum atomic E-state index is -1.25. The van der Waals surface area contributed by atoms with Gasteiger partial charge in [0, 0.05) is 12.1 Å². The minimum absolute atomic E-state index is 0.000817. The third-order valence-corrected chi connectivity index (χ3v) is 3.44. The monoisotopic (exact) mass is 320 g/mol. The summed E-state index contributed by atoms with van der Waals surface area (Å²) in [5.74, 6) is -0.673. The number of aliphatic hydroxyl groups excluding tert-OH is 1. The van der Waals surface area contributed by atoms with Gasteiger partial charge in [-0.3, -0.25) is 0 Å². The molecule has 0 aromatic heterocycles. The maximum Gasteiger partial charge on any atom is 0.337 e. The summed E-state index contributed by atoms with van der Waals surface area (Å²) in [5, 5.41) is 10.5. The van der Waals surface area contributed by atoms with E-state index < -0.39 is 17.9 Å². The fraction of sp³-hybridized carbons (Fsp3) is 0.235. The molecule has 0 heterocycles. The Morgan fingerprint density at radius 2 is 1.74 bits per heavy atom. The number of halogens is 1. The zero-order chi connectivity index (χ0) is 17.0. The topological polar surface area (TPSA) is 65.0 Å². The van der Waals surface area contributed by atoms with Crippen LogP contribution >= 0.6 is 0 Å². The van der Waals surface area contributed by atoms with Crippen LogP contribution in [0.25, 0.3) is 0 Å². The van der Waals surface area contributed by atoms with Crippen LogP contribution in [0.15, 0.2) is 36.4 Å². The highest BCUT2D eigenvalue weighted by atomic mass is 19.1. The van der Waals surface area contributed by atoms with Crippen molar-refractivity contribution in [3.8, 4) is 11.5 Å². The van der Waals surface area contributed by atoms with E-state index in [1.807, 2.05) is 0 Å². The SMILES string of the molecule is COC(=O)c1ccc(C(O)c2c(F)cc(OC)cc2OC)cc1. The molecule has 0 saturated carbocycles. The van der Waals surface area contributed by atoms with Crippen molar-refractivity contribution in [2.75, 3.05) is 21.3 Å². The minimum Gasteiger partial charge on any atom is -0.497 e. The number of benzene rings is 2. The van der Waals surface area contributed by atoms with Crippen molar-refractivity contribution in [2.45, 2.75) is 6.10 Å². The molecule has 2 aromatic carbocycles. The summed E-state index contributed by atoms with van der Waals surface area (Å²) in [5.41, 5.74) is 0.754. The van der Waals surface area contributed by atoms with E-state index in [1.54, 1.807) is 0 Å². The van der Waals surface area contributed by atoms with Gasteiger partial charge in [-0.05, 0) is 17.7 Å². The standard InChI is InChI=1S/C17H17FO5/c1-21-12-8-13(18)15(14(9-12)22-2)16(19)10-4-6-11(7-5-10)17(20)23-3/h4-9,16,19H,1-3H3. The molecule has 1 N–H and O–H groups in total. The Morgan fingerprint density at radius 3 is 2.26 bits per heavy atom. The molecule has 122 valence electrons. The van der Waals surface area contributed by atoms with Crippen LogP contribution in [0.4, 0.5) is 4.39 Å². The lowest BCUT2D eigenvalue weighted by molar-refractivity contribution is 0.0600. The first-order valence-corrected chi connectivity index (χ1v) is 6.79. The van der Waals surface area contributed by atoms with Crippen LogP contribution in [0.2, 0.25) is 0 Å². The number of hydrogen-bond acceptors (Lipinski definition) is 5. The molecule has 0 bridgehead atoms. The van der Waals surface area contributed by atoms with E-state index >= 15 is 0 Å². The summed E-state index contributed by atoms with van der Waals surface area (Å²) in [6.07, 6.45) is -1.25. The number of carbonyl (C=O) groups excluding carboxylic acids is 1. The molecule has 5 nitrogen and oxygen atoms in total. The van der Waals surface area contributed by atoms with Gasteiger partial charge in [-0.25, -0.2) is 9.18 Å². The first-order chi connectivity index (χ1) is 11.0. The molecule has 23 heavy (non-hydrogen) atoms. The van der Waals surface area contributed by atoms with E-state index in [0.717, 1.165) is 0 Å². The van der Waals surface area contributed by atoms with E-state index in [1.165, 1.54) is 57.7 Å². The highest BCUT2D eigenvalue weighted by molar-refractivity contribution is 5.89. The average Bonchev–Trinajstić information content (AvgIpc) is 2.59. The highest BCUT2D eigenvalue weighted by Crippen LogP contribution is 2.35. The molecular formula is C17H17FO5. The molecule has 1 unspecified atom stereocenters. The molecule has 0 amide bonds. The number of esters is 1. The lowest BCUT2D eigenvalue weighted by Crippen LogP contribution is -2.07. The summed E-state index contributed by atoms with van der Waals surface area (Å²) < 4.78 is 29.0. The number of methoxy groups -OCH3 is 3. The maximum atomic E-state index is 14.3. The molecule has 0 saturated heterocycles. The third-order valence-electron chi connectivity index (χ3n) is 3.44. The fourth-order valence-electron chi connectivity index (χ4n) is 2.21. The van der Waals surface area contributed by atoms with E-state index in [0.29, 0.717) is 11.1 Å². The quantitative estimate of drug-likeness (QED) is 0.858. The van der Waals surface area contributed by atoms with E-state index in [9.17, 15) is 14.3 Å². The van der Waals surface area contributed by atoms with Crippen LogP contribution in [0.3, 0.4) is 0 Å². The van der Waals surface area contributed by atoms with Crippen molar-refractivity contribution >= 4 is 5.97 Å². The van der Waals surface area contributed by atoms with Crippen LogP contribution in [-0.4, -0.2) is 32.4 Å². The van der Waals surface area contributed by atoms with Crippen LogP contribution in [0.1, 0.15) is 27.6 Å². The Morgan fingerprint density at radius 1 is 1.09 bits per heavy atom. The van der Waals surface area contributed by atoms with Gasteiger partial charge < -0.3 is 19.3 Å². The molecule has 0 radical (unpaired) electrons. The van der Waals surface area contributed by atoms with Crippen molar-refractivity contribution in [3.05, 3.63) is 58.9 Å². The third kappa shape index (κ3) is 3.43. The van der Waals surface area contributed by atoms with E-state index in [-0.39, 0.29) is 17.1 Å². The first kappa shape index (κ1) is 16.8. The molecule has 2 rings (SSSR count). The second kappa shape index (κ2) is 7.11. The van der Waals surface area contributed by atoms with E-state index in [2.05, 4.69) is 4.74 Å². The van der Waals surface area contributed by atoms with Crippen molar-refractivity contribution in [2.24, 2.45) is 0 Å². The van der Waals surface area contributed by atoms with Crippen molar-refractivity contribution in [1.29, 1.82) is 0 Å². The lowest BCUT2D eigenvalue weighted by atomic mass is 9.98. The molecular weight excluding hydrogens is 303 g/mol. The zero-order valence-corrected chi connectivity index (χ0v) is 13.0. The lowest BCUT2D eigenvalue weighted by Gasteiger charge is -2.17. The van der Waals surface area contributed by atoms with Gasteiger partial charge in [0.1, 0.15) is 23.4 Å². The summed E-state index contributed by atoms with van der Waals surface area (Å²) >= 11 is 0. The Hall–Kier alpha value is -2.60. The van der Waals surface area contributed by atoms with Crippen molar-refractivity contribution in [3.63, 3.8) is 0 Å². The summed E-state index contributed by atoms with van der Waals surface area (Å²) in [6.45, 7) is 0. The molecule has 0 spiro atoms. The van der Waals surface area contributed by atoms with Crippen molar-refractivity contribution < 1.29 is 28.5 Å². The summed E-state index contributed by atoms with van der Waals surface area (Å²) in [6, 6.07) is 8.71. The maximum absolute atomic E-state index is 14.3. The van der Waals surface area contributed by atoms with Crippen LogP contribution in [0.5, 0.6) is 11.5 Å². The smallest absolute Gasteiger partial charge is 0.337 e. The molecule has 0 aliphatic rings. The Kier molecular flexibility index (Phi) is 5.18. The predicted molar refractivity (Wildman–Crippen MR) is 81.3 cm³/mol. The van der Waals surface area contributed by atoms with Gasteiger partial charge in [0.2, 0.25) is 0 Å². The second-order valence-corrected chi connectivity index (χ2v) is 4.74. The molecule has 1 atom stereocenters. The summed E-state index contributed by atoms with van der Waals surface area (Å²) in [7, 11) is 4.07. The Bertz CT molecular complexity index is 697. The molecule has 0 aliphatic heterocycles. The van der Waals surface area contributed by atoms with Gasteiger partial charge >= 0.3 is 5.97 Å². The number of rotatable bonds is 5. The van der Waals surface area contributed by atoms with Gasteiger partial charge in [0.15, 0.2) is 0 Å². The number of hydrogen-bond donors (Lipinski definition) is 1. The second-order valence-electron chi connectivity index (χ2n) is 4.74. The largest absolute Gasteiger partial charge is 0.497 e. The molecule has 2 aromatic rings. The van der Waals surface area contributed by atoms with Crippen molar-refractivity contribution in [1.82, 2.24) is 0 Å². The average molecular weight is 320 g/mol. The zero-order valence-electron chi connectivity index (χ0n) is 13.0. The van der Waals surface area contributed by atoms with Crippen LogP contribution < -0.4 is 9.47 Å². The normalized spacial score (nSPS) is 11.7. The van der Waals surface area contributed by atoms with Gasteiger partial charge in [-0.15, -0.1) is 0 Å². The summed E-state index contributed by atoms with van der Waals surface area (Å²) in [4.78, 5) is 11.4. The van der Waals surface area contributed by atoms with Crippen LogP contribution in [-0.2, 0) is 4.74 Å². The number of carbonyl (C=O) groups is 1. The van der Waals surface area contributed by atoms with Gasteiger partial charge in [-0.1, -0.05) is 12.1 Å².